The lowest BCUT2D eigenvalue weighted by Gasteiger charge is -2.43. The number of carbonyl (C=O) groups excluding carboxylic acids is 1. The zero-order chi connectivity index (χ0) is 16.2. The van der Waals surface area contributed by atoms with Gasteiger partial charge in [-0.25, -0.2) is 0 Å². The topological polar surface area (TPSA) is 38.3 Å². The Morgan fingerprint density at radius 2 is 2.13 bits per heavy atom. The Morgan fingerprint density at radius 1 is 1.30 bits per heavy atom. The fraction of sp³-hybridized carbons (Fsp3) is 0.650. The second-order valence-corrected chi connectivity index (χ2v) is 7.18. The van der Waals surface area contributed by atoms with Gasteiger partial charge >= 0.3 is 0 Å². The highest BCUT2D eigenvalue weighted by atomic mass is 16.5. The molecular formula is C20H29NO2. The van der Waals surface area contributed by atoms with Crippen LogP contribution in [0, 0.1) is 11.8 Å². The SMILES string of the molecule is CCc1cccc(CO[C@H]2CCC[C@@H]3CN[C@H](C(C)=O)C[C@@H]32)c1. The number of piperidine rings is 1. The molecule has 1 heterocycles. The lowest BCUT2D eigenvalue weighted by molar-refractivity contribution is -0.122. The van der Waals surface area contributed by atoms with Crippen LogP contribution < -0.4 is 5.32 Å². The molecule has 126 valence electrons. The van der Waals surface area contributed by atoms with Crippen molar-refractivity contribution < 1.29 is 9.53 Å². The van der Waals surface area contributed by atoms with E-state index in [0.717, 1.165) is 25.8 Å². The molecule has 0 radical (unpaired) electrons. The lowest BCUT2D eigenvalue weighted by Crippen LogP contribution is -2.52. The van der Waals surface area contributed by atoms with E-state index in [4.69, 9.17) is 4.74 Å². The minimum absolute atomic E-state index is 0.0314. The van der Waals surface area contributed by atoms with E-state index in [-0.39, 0.29) is 11.8 Å². The molecule has 4 atom stereocenters. The van der Waals surface area contributed by atoms with Gasteiger partial charge in [0.2, 0.25) is 0 Å². The maximum Gasteiger partial charge on any atom is 0.146 e. The number of hydrogen-bond donors (Lipinski definition) is 1. The van der Waals surface area contributed by atoms with Crippen LogP contribution in [0.5, 0.6) is 0 Å². The van der Waals surface area contributed by atoms with Crippen molar-refractivity contribution in [1.82, 2.24) is 5.32 Å². The molecular weight excluding hydrogens is 286 g/mol. The molecule has 0 amide bonds. The molecule has 1 N–H and O–H groups in total. The summed E-state index contributed by atoms with van der Waals surface area (Å²) in [5, 5.41) is 3.42. The van der Waals surface area contributed by atoms with Gasteiger partial charge in [-0.1, -0.05) is 37.6 Å². The number of hydrogen-bond acceptors (Lipinski definition) is 3. The Labute approximate surface area is 139 Å². The van der Waals surface area contributed by atoms with E-state index in [2.05, 4.69) is 36.5 Å². The van der Waals surface area contributed by atoms with Crippen molar-refractivity contribution in [2.45, 2.75) is 64.7 Å². The molecule has 3 rings (SSSR count). The predicted molar refractivity (Wildman–Crippen MR) is 92.3 cm³/mol. The molecule has 2 aliphatic rings. The molecule has 1 aliphatic heterocycles. The fourth-order valence-electron chi connectivity index (χ4n) is 4.22. The standard InChI is InChI=1S/C20H29NO2/c1-3-15-6-4-7-16(10-15)13-23-20-9-5-8-17-12-21-19(14(2)22)11-18(17)20/h4,6-7,10,17-21H,3,5,8-9,11-13H2,1-2H3/t17-,18+,19+,20+/m1/s1. The number of fused-ring (bicyclic) bond motifs is 1. The smallest absolute Gasteiger partial charge is 0.146 e. The highest BCUT2D eigenvalue weighted by Crippen LogP contribution is 2.37. The van der Waals surface area contributed by atoms with Crippen molar-refractivity contribution in [3.05, 3.63) is 35.4 Å². The zero-order valence-corrected chi connectivity index (χ0v) is 14.4. The van der Waals surface area contributed by atoms with E-state index >= 15 is 0 Å². The van der Waals surface area contributed by atoms with Gasteiger partial charge in [-0.2, -0.15) is 0 Å². The van der Waals surface area contributed by atoms with Crippen LogP contribution in [-0.2, 0) is 22.6 Å². The van der Waals surface area contributed by atoms with Crippen LogP contribution in [0.25, 0.3) is 0 Å². The molecule has 0 unspecified atom stereocenters. The summed E-state index contributed by atoms with van der Waals surface area (Å²) < 4.78 is 6.33. The van der Waals surface area contributed by atoms with Crippen molar-refractivity contribution in [3.63, 3.8) is 0 Å². The van der Waals surface area contributed by atoms with Crippen molar-refractivity contribution in [1.29, 1.82) is 0 Å². The van der Waals surface area contributed by atoms with Gasteiger partial charge in [-0.05, 0) is 62.1 Å². The molecule has 3 heteroatoms. The summed E-state index contributed by atoms with van der Waals surface area (Å²) in [6.07, 6.45) is 5.97. The van der Waals surface area contributed by atoms with Crippen molar-refractivity contribution in [3.8, 4) is 0 Å². The molecule has 1 aliphatic carbocycles. The van der Waals surface area contributed by atoms with E-state index < -0.39 is 0 Å². The number of nitrogens with one attached hydrogen (secondary N) is 1. The third kappa shape index (κ3) is 4.02. The van der Waals surface area contributed by atoms with Gasteiger partial charge in [0.25, 0.3) is 0 Å². The Morgan fingerprint density at radius 3 is 2.91 bits per heavy atom. The predicted octanol–water partition coefficient (Wildman–Crippen LogP) is 3.50. The van der Waals surface area contributed by atoms with Crippen molar-refractivity contribution in [2.75, 3.05) is 6.54 Å². The summed E-state index contributed by atoms with van der Waals surface area (Å²) in [5.41, 5.74) is 2.63. The average molecular weight is 315 g/mol. The molecule has 3 nitrogen and oxygen atoms in total. The normalized spacial score (nSPS) is 30.7. The Hall–Kier alpha value is -1.19. The molecule has 1 saturated carbocycles. The molecule has 1 aromatic rings. The first-order valence-electron chi connectivity index (χ1n) is 9.10. The maximum atomic E-state index is 11.7. The number of aryl methyl sites for hydroxylation is 1. The maximum absolute atomic E-state index is 11.7. The van der Waals surface area contributed by atoms with Gasteiger partial charge < -0.3 is 10.1 Å². The quantitative estimate of drug-likeness (QED) is 0.904. The second kappa shape index (κ2) is 7.59. The van der Waals surface area contributed by atoms with Crippen molar-refractivity contribution >= 4 is 5.78 Å². The van der Waals surface area contributed by atoms with Gasteiger partial charge in [0.05, 0.1) is 18.8 Å². The van der Waals surface area contributed by atoms with E-state index in [1.54, 1.807) is 6.92 Å². The summed E-state index contributed by atoms with van der Waals surface area (Å²) >= 11 is 0. The zero-order valence-electron chi connectivity index (χ0n) is 14.4. The van der Waals surface area contributed by atoms with Crippen molar-refractivity contribution in [2.24, 2.45) is 11.8 Å². The molecule has 0 bridgehead atoms. The monoisotopic (exact) mass is 315 g/mol. The van der Waals surface area contributed by atoms with Gasteiger partial charge in [0, 0.05) is 0 Å². The Kier molecular flexibility index (Phi) is 5.50. The van der Waals surface area contributed by atoms with E-state index in [1.807, 2.05) is 0 Å². The number of carbonyl (C=O) groups is 1. The summed E-state index contributed by atoms with van der Waals surface area (Å²) in [6.45, 7) is 5.55. The first-order valence-corrected chi connectivity index (χ1v) is 9.10. The molecule has 1 aromatic carbocycles. The number of ketones is 1. The number of Topliss-reactive ketones (excluding diaryl/α,β-unsaturated/α-hetero) is 1. The van der Waals surface area contributed by atoms with Crippen LogP contribution in [0.15, 0.2) is 24.3 Å². The Bertz CT molecular complexity index is 542. The van der Waals surface area contributed by atoms with Crippen LogP contribution in [0.4, 0.5) is 0 Å². The van der Waals surface area contributed by atoms with Crippen LogP contribution in [-0.4, -0.2) is 24.5 Å². The number of benzene rings is 1. The van der Waals surface area contributed by atoms with E-state index in [1.165, 1.54) is 24.0 Å². The van der Waals surface area contributed by atoms with Gasteiger partial charge in [-0.3, -0.25) is 4.79 Å². The number of ether oxygens (including phenoxy) is 1. The van der Waals surface area contributed by atoms with E-state index in [9.17, 15) is 4.79 Å². The number of rotatable bonds is 5. The summed E-state index contributed by atoms with van der Waals surface area (Å²) in [6, 6.07) is 8.73. The van der Waals surface area contributed by atoms with E-state index in [0.29, 0.717) is 24.5 Å². The minimum atomic E-state index is 0.0314. The van der Waals surface area contributed by atoms with Crippen LogP contribution in [0.1, 0.15) is 50.7 Å². The van der Waals surface area contributed by atoms with Gasteiger partial charge in [-0.15, -0.1) is 0 Å². The largest absolute Gasteiger partial charge is 0.373 e. The van der Waals surface area contributed by atoms with Crippen LogP contribution >= 0.6 is 0 Å². The Balaban J connectivity index is 1.62. The van der Waals surface area contributed by atoms with Gasteiger partial charge in [0.1, 0.15) is 5.78 Å². The highest BCUT2D eigenvalue weighted by molar-refractivity contribution is 5.81. The third-order valence-corrected chi connectivity index (χ3v) is 5.64. The molecule has 1 saturated heterocycles. The third-order valence-electron chi connectivity index (χ3n) is 5.64. The first kappa shape index (κ1) is 16.7. The van der Waals surface area contributed by atoms with Gasteiger partial charge in [0.15, 0.2) is 0 Å². The molecule has 0 spiro atoms. The molecule has 2 fully saturated rings. The highest BCUT2D eigenvalue weighted by Gasteiger charge is 2.39. The second-order valence-electron chi connectivity index (χ2n) is 7.18. The van der Waals surface area contributed by atoms with Crippen LogP contribution in [0.3, 0.4) is 0 Å². The molecule has 23 heavy (non-hydrogen) atoms. The summed E-state index contributed by atoms with van der Waals surface area (Å²) in [7, 11) is 0. The summed E-state index contributed by atoms with van der Waals surface area (Å²) in [4.78, 5) is 11.7. The fourth-order valence-corrected chi connectivity index (χ4v) is 4.22. The average Bonchev–Trinajstić information content (AvgIpc) is 2.59. The minimum Gasteiger partial charge on any atom is -0.373 e. The summed E-state index contributed by atoms with van der Waals surface area (Å²) in [5.74, 6) is 1.48. The molecule has 0 aromatic heterocycles. The first-order chi connectivity index (χ1) is 11.2. The lowest BCUT2D eigenvalue weighted by atomic mass is 9.71. The van der Waals surface area contributed by atoms with Crippen LogP contribution in [0.2, 0.25) is 0 Å².